The summed E-state index contributed by atoms with van der Waals surface area (Å²) in [6.07, 6.45) is 17.5. The van der Waals surface area contributed by atoms with Crippen LogP contribution in [0.1, 0.15) is 64.2 Å². The van der Waals surface area contributed by atoms with Gasteiger partial charge in [-0.25, -0.2) is 0 Å². The smallest absolute Gasteiger partial charge is 0.191 e. The fraction of sp³-hybridized carbons (Fsp3) is 0.833. The van der Waals surface area contributed by atoms with Crippen LogP contribution in [0.15, 0.2) is 17.1 Å². The van der Waals surface area contributed by atoms with Gasteiger partial charge in [0.1, 0.15) is 0 Å². The van der Waals surface area contributed by atoms with Gasteiger partial charge in [-0.2, -0.15) is 0 Å². The zero-order valence-corrected chi connectivity index (χ0v) is 14.2. The third-order valence-electron chi connectivity index (χ3n) is 4.59. The van der Waals surface area contributed by atoms with E-state index in [4.69, 9.17) is 4.74 Å². The number of rotatable bonds is 7. The molecule has 0 unspecified atom stereocenters. The molecule has 0 aromatic rings. The van der Waals surface area contributed by atoms with E-state index in [1.54, 1.807) is 0 Å². The molecule has 1 fully saturated rings. The van der Waals surface area contributed by atoms with Crippen LogP contribution >= 0.6 is 0 Å². The zero-order chi connectivity index (χ0) is 15.5. The van der Waals surface area contributed by atoms with Gasteiger partial charge < -0.3 is 15.4 Å². The second-order valence-electron chi connectivity index (χ2n) is 6.47. The minimum Gasteiger partial charge on any atom is -0.378 e. The first-order valence-electron chi connectivity index (χ1n) is 9.12. The second kappa shape index (κ2) is 10.7. The van der Waals surface area contributed by atoms with Crippen LogP contribution < -0.4 is 10.6 Å². The lowest BCUT2D eigenvalue weighted by molar-refractivity contribution is 0.0411. The topological polar surface area (TPSA) is 45.7 Å². The molecule has 0 atom stereocenters. The van der Waals surface area contributed by atoms with E-state index in [2.05, 4.69) is 27.8 Å². The van der Waals surface area contributed by atoms with E-state index in [-0.39, 0.29) is 0 Å². The Hall–Kier alpha value is -1.03. The molecule has 2 rings (SSSR count). The Kier molecular flexibility index (Phi) is 8.39. The minimum absolute atomic E-state index is 0.518. The zero-order valence-electron chi connectivity index (χ0n) is 14.2. The molecule has 2 N–H and O–H groups in total. The number of unbranched alkanes of at least 4 members (excludes halogenated alkanes) is 1. The molecule has 0 saturated heterocycles. The monoisotopic (exact) mass is 307 g/mol. The van der Waals surface area contributed by atoms with E-state index in [1.807, 2.05) is 7.05 Å². The van der Waals surface area contributed by atoms with E-state index in [9.17, 15) is 0 Å². The third kappa shape index (κ3) is 6.82. The second-order valence-corrected chi connectivity index (χ2v) is 6.47. The van der Waals surface area contributed by atoms with Crippen LogP contribution in [0.5, 0.6) is 0 Å². The molecule has 22 heavy (non-hydrogen) atoms. The van der Waals surface area contributed by atoms with Crippen molar-refractivity contribution in [2.24, 2.45) is 4.99 Å². The molecule has 0 radical (unpaired) electrons. The van der Waals surface area contributed by atoms with Gasteiger partial charge in [-0.1, -0.05) is 37.8 Å². The molecular formula is C18H33N3O. The van der Waals surface area contributed by atoms with E-state index in [0.29, 0.717) is 12.1 Å². The number of hydrogen-bond acceptors (Lipinski definition) is 2. The average molecular weight is 307 g/mol. The highest BCUT2D eigenvalue weighted by Gasteiger charge is 2.12. The standard InChI is InChI=1S/C18H33N3O/c1-19-18(21-16-10-6-7-11-16)20-14-8-9-15-22-17-12-4-2-3-5-13-17/h6-7,16-17H,2-5,8-15H2,1H3,(H2,19,20,21). The number of guanidine groups is 1. The molecule has 0 heterocycles. The molecule has 2 aliphatic rings. The summed E-state index contributed by atoms with van der Waals surface area (Å²) in [5, 5.41) is 6.86. The summed E-state index contributed by atoms with van der Waals surface area (Å²) in [6, 6.07) is 0.518. The van der Waals surface area contributed by atoms with Gasteiger partial charge in [0.05, 0.1) is 6.10 Å². The van der Waals surface area contributed by atoms with Gasteiger partial charge in [0.25, 0.3) is 0 Å². The molecule has 0 aliphatic heterocycles. The molecule has 126 valence electrons. The Balaban J connectivity index is 1.47. The van der Waals surface area contributed by atoms with Crippen molar-refractivity contribution in [2.45, 2.75) is 76.4 Å². The van der Waals surface area contributed by atoms with E-state index >= 15 is 0 Å². The highest BCUT2D eigenvalue weighted by Crippen LogP contribution is 2.19. The Bertz CT molecular complexity index is 338. The molecule has 2 aliphatic carbocycles. The number of nitrogens with zero attached hydrogens (tertiary/aromatic N) is 1. The van der Waals surface area contributed by atoms with Gasteiger partial charge in [-0.3, -0.25) is 4.99 Å². The van der Waals surface area contributed by atoms with Gasteiger partial charge in [0.15, 0.2) is 5.96 Å². The number of nitrogens with one attached hydrogen (secondary N) is 2. The lowest BCUT2D eigenvalue weighted by Gasteiger charge is -2.17. The largest absolute Gasteiger partial charge is 0.378 e. The van der Waals surface area contributed by atoms with Gasteiger partial charge in [-0.15, -0.1) is 0 Å². The Morgan fingerprint density at radius 3 is 2.50 bits per heavy atom. The van der Waals surface area contributed by atoms with Crippen molar-refractivity contribution in [3.8, 4) is 0 Å². The van der Waals surface area contributed by atoms with Crippen LogP contribution in [-0.4, -0.2) is 38.3 Å². The normalized spacial score (nSPS) is 21.0. The molecular weight excluding hydrogens is 274 g/mol. The van der Waals surface area contributed by atoms with Gasteiger partial charge in [0, 0.05) is 26.2 Å². The van der Waals surface area contributed by atoms with Crippen molar-refractivity contribution in [1.29, 1.82) is 0 Å². The fourth-order valence-electron chi connectivity index (χ4n) is 3.22. The van der Waals surface area contributed by atoms with Crippen molar-refractivity contribution < 1.29 is 4.74 Å². The van der Waals surface area contributed by atoms with Crippen molar-refractivity contribution >= 4 is 5.96 Å². The lowest BCUT2D eigenvalue weighted by atomic mass is 10.1. The Labute approximate surface area is 135 Å². The van der Waals surface area contributed by atoms with Crippen LogP contribution in [0.2, 0.25) is 0 Å². The van der Waals surface area contributed by atoms with Crippen LogP contribution in [-0.2, 0) is 4.74 Å². The molecule has 0 spiro atoms. The predicted molar refractivity (Wildman–Crippen MR) is 93.3 cm³/mol. The summed E-state index contributed by atoms with van der Waals surface area (Å²) in [4.78, 5) is 4.29. The average Bonchev–Trinajstić information content (AvgIpc) is 2.91. The molecule has 1 saturated carbocycles. The quantitative estimate of drug-likeness (QED) is 0.249. The first-order valence-corrected chi connectivity index (χ1v) is 9.12. The minimum atomic E-state index is 0.518. The first kappa shape index (κ1) is 17.3. The Morgan fingerprint density at radius 2 is 1.82 bits per heavy atom. The van der Waals surface area contributed by atoms with Crippen LogP contribution in [0.25, 0.3) is 0 Å². The predicted octanol–water partition coefficient (Wildman–Crippen LogP) is 3.39. The number of hydrogen-bond donors (Lipinski definition) is 2. The first-order chi connectivity index (χ1) is 10.9. The highest BCUT2D eigenvalue weighted by atomic mass is 16.5. The van der Waals surface area contributed by atoms with Crippen molar-refractivity contribution in [2.75, 3.05) is 20.2 Å². The van der Waals surface area contributed by atoms with Crippen LogP contribution in [0, 0.1) is 0 Å². The van der Waals surface area contributed by atoms with Crippen LogP contribution in [0.4, 0.5) is 0 Å². The van der Waals surface area contributed by atoms with Crippen molar-refractivity contribution in [3.63, 3.8) is 0 Å². The van der Waals surface area contributed by atoms with E-state index < -0.39 is 0 Å². The lowest BCUT2D eigenvalue weighted by Crippen LogP contribution is -2.42. The van der Waals surface area contributed by atoms with Gasteiger partial charge in [0.2, 0.25) is 0 Å². The van der Waals surface area contributed by atoms with Crippen LogP contribution in [0.3, 0.4) is 0 Å². The number of ether oxygens (including phenoxy) is 1. The SMILES string of the molecule is CN=C(NCCCCOC1CCCCCC1)NC1CC=CC1. The maximum atomic E-state index is 6.02. The fourth-order valence-corrected chi connectivity index (χ4v) is 3.22. The van der Waals surface area contributed by atoms with Gasteiger partial charge >= 0.3 is 0 Å². The highest BCUT2D eigenvalue weighted by molar-refractivity contribution is 5.80. The maximum absolute atomic E-state index is 6.02. The molecule has 0 aromatic heterocycles. The summed E-state index contributed by atoms with van der Waals surface area (Å²) in [6.45, 7) is 1.87. The molecule has 0 aromatic carbocycles. The number of aliphatic imine (C=N–C) groups is 1. The van der Waals surface area contributed by atoms with Gasteiger partial charge in [-0.05, 0) is 38.5 Å². The summed E-state index contributed by atoms with van der Waals surface area (Å²) < 4.78 is 6.02. The molecule has 4 heteroatoms. The summed E-state index contributed by atoms with van der Waals surface area (Å²) in [5.41, 5.74) is 0. The summed E-state index contributed by atoms with van der Waals surface area (Å²) in [7, 11) is 1.84. The summed E-state index contributed by atoms with van der Waals surface area (Å²) >= 11 is 0. The third-order valence-corrected chi connectivity index (χ3v) is 4.59. The van der Waals surface area contributed by atoms with Crippen molar-refractivity contribution in [1.82, 2.24) is 10.6 Å². The Morgan fingerprint density at radius 1 is 1.09 bits per heavy atom. The van der Waals surface area contributed by atoms with Crippen molar-refractivity contribution in [3.05, 3.63) is 12.2 Å². The maximum Gasteiger partial charge on any atom is 0.191 e. The molecule has 0 bridgehead atoms. The molecule has 0 amide bonds. The summed E-state index contributed by atoms with van der Waals surface area (Å²) in [5.74, 6) is 0.929. The van der Waals surface area contributed by atoms with E-state index in [0.717, 1.165) is 44.8 Å². The van der Waals surface area contributed by atoms with E-state index in [1.165, 1.54) is 38.5 Å². The molecule has 4 nitrogen and oxygen atoms in total.